The Labute approximate surface area is 75.3 Å². The molecule has 3 nitrogen and oxygen atoms in total. The maximum absolute atomic E-state index is 9.04. The molecule has 0 bridgehead atoms. The molecule has 0 rings (SSSR count). The van der Waals surface area contributed by atoms with Gasteiger partial charge >= 0.3 is 0 Å². The van der Waals surface area contributed by atoms with E-state index in [9.17, 15) is 0 Å². The van der Waals surface area contributed by atoms with Gasteiger partial charge in [-0.1, -0.05) is 6.92 Å². The van der Waals surface area contributed by atoms with Crippen molar-refractivity contribution in [1.82, 2.24) is 5.32 Å². The van der Waals surface area contributed by atoms with E-state index in [-0.39, 0.29) is 6.10 Å². The normalized spacial score (nSPS) is 16.0. The van der Waals surface area contributed by atoms with E-state index in [1.54, 1.807) is 6.92 Å². The Balaban J connectivity index is 3.39. The smallest absolute Gasteiger partial charge is 0.0636 e. The average molecular weight is 174 g/mol. The fourth-order valence-electron chi connectivity index (χ4n) is 1.15. The first-order valence-corrected chi connectivity index (χ1v) is 4.82. The second kappa shape index (κ2) is 7.53. The number of aliphatic hydroxyl groups is 1. The Kier molecular flexibility index (Phi) is 7.45. The van der Waals surface area contributed by atoms with Gasteiger partial charge < -0.3 is 16.2 Å². The Hall–Kier alpha value is -0.120. The molecule has 0 radical (unpaired) electrons. The molecule has 0 aromatic heterocycles. The minimum atomic E-state index is -0.253. The van der Waals surface area contributed by atoms with Crippen LogP contribution in [0.25, 0.3) is 0 Å². The van der Waals surface area contributed by atoms with Crippen molar-refractivity contribution in [2.24, 2.45) is 5.73 Å². The Morgan fingerprint density at radius 3 is 2.58 bits per heavy atom. The highest BCUT2D eigenvalue weighted by Crippen LogP contribution is 2.00. The van der Waals surface area contributed by atoms with E-state index in [1.165, 1.54) is 0 Å². The van der Waals surface area contributed by atoms with Gasteiger partial charge in [0.15, 0.2) is 0 Å². The number of hydrogen-bond donors (Lipinski definition) is 3. The Morgan fingerprint density at radius 1 is 1.50 bits per heavy atom. The molecule has 74 valence electrons. The second-order valence-electron chi connectivity index (χ2n) is 3.29. The third-order valence-electron chi connectivity index (χ3n) is 1.95. The van der Waals surface area contributed by atoms with E-state index < -0.39 is 0 Å². The van der Waals surface area contributed by atoms with Crippen LogP contribution in [0.15, 0.2) is 0 Å². The van der Waals surface area contributed by atoms with Crippen LogP contribution in [0, 0.1) is 0 Å². The molecular weight excluding hydrogens is 152 g/mol. The summed E-state index contributed by atoms with van der Waals surface area (Å²) in [6.07, 6.45) is 3.02. The van der Waals surface area contributed by atoms with Crippen LogP contribution < -0.4 is 11.1 Å². The van der Waals surface area contributed by atoms with Gasteiger partial charge in [-0.05, 0) is 32.7 Å². The first kappa shape index (κ1) is 11.9. The molecular formula is C9H22N2O. The van der Waals surface area contributed by atoms with Crippen molar-refractivity contribution in [2.75, 3.05) is 13.1 Å². The lowest BCUT2D eigenvalue weighted by molar-refractivity contribution is 0.184. The zero-order valence-electron chi connectivity index (χ0n) is 8.21. The van der Waals surface area contributed by atoms with E-state index >= 15 is 0 Å². The monoisotopic (exact) mass is 174 g/mol. The third kappa shape index (κ3) is 6.58. The predicted molar refractivity (Wildman–Crippen MR) is 52.1 cm³/mol. The second-order valence-corrected chi connectivity index (χ2v) is 3.29. The molecule has 0 aromatic carbocycles. The number of nitrogens with two attached hydrogens (primary N) is 1. The van der Waals surface area contributed by atoms with Crippen molar-refractivity contribution in [3.8, 4) is 0 Å². The van der Waals surface area contributed by atoms with Crippen molar-refractivity contribution >= 4 is 0 Å². The van der Waals surface area contributed by atoms with Crippen molar-refractivity contribution in [3.05, 3.63) is 0 Å². The molecule has 0 aliphatic rings. The summed E-state index contributed by atoms with van der Waals surface area (Å²) in [5, 5.41) is 12.3. The topological polar surface area (TPSA) is 58.3 Å². The molecule has 0 amide bonds. The van der Waals surface area contributed by atoms with Gasteiger partial charge in [0.1, 0.15) is 0 Å². The molecule has 0 spiro atoms. The van der Waals surface area contributed by atoms with Crippen LogP contribution in [0.2, 0.25) is 0 Å². The Morgan fingerprint density at radius 2 is 2.17 bits per heavy atom. The van der Waals surface area contributed by atoms with Crippen molar-refractivity contribution in [2.45, 2.75) is 45.3 Å². The summed E-state index contributed by atoms with van der Waals surface area (Å²) >= 11 is 0. The molecule has 4 N–H and O–H groups in total. The van der Waals surface area contributed by atoms with Gasteiger partial charge in [0.25, 0.3) is 0 Å². The summed E-state index contributed by atoms with van der Waals surface area (Å²) in [4.78, 5) is 0. The van der Waals surface area contributed by atoms with Gasteiger partial charge in [0.05, 0.1) is 6.10 Å². The number of nitrogens with one attached hydrogen (secondary N) is 1. The zero-order chi connectivity index (χ0) is 9.40. The van der Waals surface area contributed by atoms with Crippen molar-refractivity contribution in [3.63, 3.8) is 0 Å². The van der Waals surface area contributed by atoms with Gasteiger partial charge in [0, 0.05) is 12.6 Å². The highest BCUT2D eigenvalue weighted by molar-refractivity contribution is 4.66. The maximum Gasteiger partial charge on any atom is 0.0636 e. The van der Waals surface area contributed by atoms with E-state index in [2.05, 4.69) is 12.2 Å². The van der Waals surface area contributed by atoms with Gasteiger partial charge in [0.2, 0.25) is 0 Å². The average Bonchev–Trinajstić information content (AvgIpc) is 2.05. The predicted octanol–water partition coefficient (Wildman–Crippen LogP) is 0.474. The molecule has 3 heteroatoms. The summed E-state index contributed by atoms with van der Waals surface area (Å²) in [6.45, 7) is 5.38. The highest BCUT2D eigenvalue weighted by Gasteiger charge is 2.05. The van der Waals surface area contributed by atoms with Gasteiger partial charge in [-0.3, -0.25) is 0 Å². The molecule has 12 heavy (non-hydrogen) atoms. The maximum atomic E-state index is 9.04. The van der Waals surface area contributed by atoms with E-state index in [0.717, 1.165) is 25.8 Å². The molecule has 0 aliphatic carbocycles. The van der Waals surface area contributed by atoms with Crippen LogP contribution >= 0.6 is 0 Å². The zero-order valence-corrected chi connectivity index (χ0v) is 8.21. The molecule has 0 saturated carbocycles. The number of aliphatic hydroxyl groups excluding tert-OH is 1. The minimum absolute atomic E-state index is 0.253. The van der Waals surface area contributed by atoms with Gasteiger partial charge in [-0.15, -0.1) is 0 Å². The summed E-state index contributed by atoms with van der Waals surface area (Å²) in [7, 11) is 0. The van der Waals surface area contributed by atoms with Crippen LogP contribution in [0.5, 0.6) is 0 Å². The first-order chi connectivity index (χ1) is 5.70. The fraction of sp³-hybridized carbons (Fsp3) is 1.00. The summed E-state index contributed by atoms with van der Waals surface area (Å²) in [5.41, 5.74) is 5.41. The highest BCUT2D eigenvalue weighted by atomic mass is 16.3. The lowest BCUT2D eigenvalue weighted by Crippen LogP contribution is -2.34. The summed E-state index contributed by atoms with van der Waals surface area (Å²) < 4.78 is 0. The van der Waals surface area contributed by atoms with Gasteiger partial charge in [-0.2, -0.15) is 0 Å². The lowest BCUT2D eigenvalue weighted by atomic mass is 10.1. The van der Waals surface area contributed by atoms with E-state index in [0.29, 0.717) is 12.6 Å². The lowest BCUT2D eigenvalue weighted by Gasteiger charge is -2.17. The SMILES string of the molecule is CCC(CCCN)NCC(C)O. The summed E-state index contributed by atoms with van der Waals surface area (Å²) in [5.74, 6) is 0. The van der Waals surface area contributed by atoms with Crippen LogP contribution in [0.4, 0.5) is 0 Å². The Bertz CT molecular complexity index is 96.5. The van der Waals surface area contributed by atoms with Crippen molar-refractivity contribution in [1.29, 1.82) is 0 Å². The first-order valence-electron chi connectivity index (χ1n) is 4.82. The van der Waals surface area contributed by atoms with Crippen LogP contribution in [-0.4, -0.2) is 30.3 Å². The van der Waals surface area contributed by atoms with Gasteiger partial charge in [-0.25, -0.2) is 0 Å². The molecule has 2 unspecified atom stereocenters. The number of rotatable bonds is 7. The van der Waals surface area contributed by atoms with E-state index in [4.69, 9.17) is 10.8 Å². The van der Waals surface area contributed by atoms with Crippen LogP contribution in [0.3, 0.4) is 0 Å². The fourth-order valence-corrected chi connectivity index (χ4v) is 1.15. The molecule has 0 saturated heterocycles. The van der Waals surface area contributed by atoms with Crippen LogP contribution in [-0.2, 0) is 0 Å². The molecule has 0 aromatic rings. The molecule has 2 atom stereocenters. The number of hydrogen-bond acceptors (Lipinski definition) is 3. The quantitative estimate of drug-likeness (QED) is 0.526. The van der Waals surface area contributed by atoms with E-state index in [1.807, 2.05) is 0 Å². The molecule has 0 heterocycles. The molecule has 0 fully saturated rings. The minimum Gasteiger partial charge on any atom is -0.392 e. The largest absolute Gasteiger partial charge is 0.392 e. The van der Waals surface area contributed by atoms with Crippen LogP contribution in [0.1, 0.15) is 33.1 Å². The van der Waals surface area contributed by atoms with Crippen molar-refractivity contribution < 1.29 is 5.11 Å². The standard InChI is InChI=1S/C9H22N2O/c1-3-9(5-4-6-10)11-7-8(2)12/h8-9,11-12H,3-7,10H2,1-2H3. The summed E-state index contributed by atoms with van der Waals surface area (Å²) in [6, 6.07) is 0.517. The third-order valence-corrected chi connectivity index (χ3v) is 1.95. The molecule has 0 aliphatic heterocycles.